The zero-order chi connectivity index (χ0) is 9.40. The van der Waals surface area contributed by atoms with E-state index < -0.39 is 0 Å². The molecule has 70 valence electrons. The molecule has 0 atom stereocenters. The highest BCUT2D eigenvalue weighted by Gasteiger charge is 1.94. The summed E-state index contributed by atoms with van der Waals surface area (Å²) in [6, 6.07) is -0.281. The molecule has 4 heteroatoms. The number of carbonyl (C=O) groups excluding carboxylic acids is 1. The third-order valence-electron chi connectivity index (χ3n) is 1.40. The summed E-state index contributed by atoms with van der Waals surface area (Å²) < 4.78 is 0. The average molecular weight is 172 g/mol. The van der Waals surface area contributed by atoms with Gasteiger partial charge in [0, 0.05) is 12.7 Å². The summed E-state index contributed by atoms with van der Waals surface area (Å²) in [5, 5.41) is 13.4. The van der Waals surface area contributed by atoms with Crippen LogP contribution in [0.4, 0.5) is 4.79 Å². The van der Waals surface area contributed by atoms with Crippen LogP contribution in [0.25, 0.3) is 0 Å². The van der Waals surface area contributed by atoms with Crippen LogP contribution in [0.15, 0.2) is 11.8 Å². The van der Waals surface area contributed by atoms with Crippen molar-refractivity contribution in [1.29, 1.82) is 0 Å². The lowest BCUT2D eigenvalue weighted by atomic mass is 10.3. The van der Waals surface area contributed by atoms with Crippen LogP contribution < -0.4 is 10.6 Å². The Bertz CT molecular complexity index is 166. The molecule has 0 aliphatic carbocycles. The fourth-order valence-corrected chi connectivity index (χ4v) is 0.511. The molecule has 0 spiro atoms. The molecule has 0 aliphatic heterocycles. The van der Waals surface area contributed by atoms with Crippen LogP contribution in [0.5, 0.6) is 0 Å². The zero-order valence-corrected chi connectivity index (χ0v) is 7.55. The predicted molar refractivity (Wildman–Crippen MR) is 47.7 cm³/mol. The summed E-state index contributed by atoms with van der Waals surface area (Å²) in [6.45, 7) is 4.19. The third-order valence-corrected chi connectivity index (χ3v) is 1.40. The minimum atomic E-state index is -0.281. The van der Waals surface area contributed by atoms with Crippen molar-refractivity contribution in [3.63, 3.8) is 0 Å². The van der Waals surface area contributed by atoms with Crippen molar-refractivity contribution < 1.29 is 9.90 Å². The molecule has 2 amide bonds. The normalized spacial score (nSPS) is 11.1. The molecule has 0 unspecified atom stereocenters. The summed E-state index contributed by atoms with van der Waals surface area (Å²) >= 11 is 0. The number of allylic oxidation sites excluding steroid dienone is 1. The van der Waals surface area contributed by atoms with Gasteiger partial charge in [0.25, 0.3) is 0 Å². The number of urea groups is 1. The van der Waals surface area contributed by atoms with Gasteiger partial charge in [-0.1, -0.05) is 12.5 Å². The molecule has 0 saturated carbocycles. The van der Waals surface area contributed by atoms with E-state index in [1.807, 2.05) is 13.8 Å². The van der Waals surface area contributed by atoms with Crippen LogP contribution in [0.2, 0.25) is 0 Å². The Hall–Kier alpha value is -1.03. The summed E-state index contributed by atoms with van der Waals surface area (Å²) in [6.07, 6.45) is 2.58. The quantitative estimate of drug-likeness (QED) is 0.581. The fourth-order valence-electron chi connectivity index (χ4n) is 0.511. The topological polar surface area (TPSA) is 61.4 Å². The van der Waals surface area contributed by atoms with Crippen molar-refractivity contribution >= 4 is 6.03 Å². The second-order valence-corrected chi connectivity index (χ2v) is 2.47. The molecule has 0 fully saturated rings. The van der Waals surface area contributed by atoms with Gasteiger partial charge in [0.1, 0.15) is 0 Å². The van der Waals surface area contributed by atoms with Gasteiger partial charge < -0.3 is 15.7 Å². The molecule has 4 nitrogen and oxygen atoms in total. The number of aliphatic hydroxyl groups is 1. The van der Waals surface area contributed by atoms with Gasteiger partial charge in [-0.05, 0) is 13.3 Å². The highest BCUT2D eigenvalue weighted by atomic mass is 16.3. The Morgan fingerprint density at radius 2 is 2.25 bits per heavy atom. The Balaban J connectivity index is 3.56. The van der Waals surface area contributed by atoms with Crippen molar-refractivity contribution in [2.45, 2.75) is 20.3 Å². The largest absolute Gasteiger partial charge is 0.395 e. The van der Waals surface area contributed by atoms with Crippen LogP contribution in [0, 0.1) is 0 Å². The van der Waals surface area contributed by atoms with Gasteiger partial charge in [0.2, 0.25) is 0 Å². The number of hydrogen-bond acceptors (Lipinski definition) is 2. The second kappa shape index (κ2) is 6.67. The molecule has 12 heavy (non-hydrogen) atoms. The molecule has 0 aromatic rings. The summed E-state index contributed by atoms with van der Waals surface area (Å²) in [4.78, 5) is 10.8. The van der Waals surface area contributed by atoms with E-state index in [1.165, 1.54) is 0 Å². The van der Waals surface area contributed by atoms with Crippen molar-refractivity contribution in [2.75, 3.05) is 13.2 Å². The summed E-state index contributed by atoms with van der Waals surface area (Å²) in [7, 11) is 0. The average Bonchev–Trinajstić information content (AvgIpc) is 2.10. The minimum Gasteiger partial charge on any atom is -0.395 e. The lowest BCUT2D eigenvalue weighted by Crippen LogP contribution is -2.34. The van der Waals surface area contributed by atoms with Crippen LogP contribution in [0.3, 0.4) is 0 Å². The van der Waals surface area contributed by atoms with E-state index in [-0.39, 0.29) is 19.2 Å². The van der Waals surface area contributed by atoms with Crippen molar-refractivity contribution in [3.05, 3.63) is 11.8 Å². The van der Waals surface area contributed by atoms with E-state index in [2.05, 4.69) is 10.6 Å². The van der Waals surface area contributed by atoms with Crippen molar-refractivity contribution in [1.82, 2.24) is 10.6 Å². The Kier molecular flexibility index (Phi) is 6.09. The Morgan fingerprint density at radius 1 is 1.58 bits per heavy atom. The van der Waals surface area contributed by atoms with Gasteiger partial charge in [0.15, 0.2) is 0 Å². The van der Waals surface area contributed by atoms with Crippen molar-refractivity contribution in [3.8, 4) is 0 Å². The fraction of sp³-hybridized carbons (Fsp3) is 0.625. The Labute approximate surface area is 72.7 Å². The molecule has 0 aromatic heterocycles. The minimum absolute atomic E-state index is 0.0378. The molecule has 0 aromatic carbocycles. The monoisotopic (exact) mass is 172 g/mol. The smallest absolute Gasteiger partial charge is 0.318 e. The van der Waals surface area contributed by atoms with E-state index in [9.17, 15) is 4.79 Å². The lowest BCUT2D eigenvalue weighted by molar-refractivity contribution is 0.237. The third kappa shape index (κ3) is 5.73. The van der Waals surface area contributed by atoms with Crippen LogP contribution in [0.1, 0.15) is 20.3 Å². The molecule has 3 N–H and O–H groups in total. The number of rotatable bonds is 4. The first-order valence-corrected chi connectivity index (χ1v) is 4.01. The highest BCUT2D eigenvalue weighted by molar-refractivity contribution is 5.74. The van der Waals surface area contributed by atoms with E-state index in [0.29, 0.717) is 0 Å². The standard InChI is InChI=1S/C8H16N2O2/c1-3-7(2)6-10-8(12)9-4-5-11/h6,11H,3-5H2,1-2H3,(H2,9,10,12)/b7-6+. The maximum atomic E-state index is 10.8. The molecule has 0 rings (SSSR count). The van der Waals surface area contributed by atoms with E-state index in [0.717, 1.165) is 12.0 Å². The van der Waals surface area contributed by atoms with E-state index >= 15 is 0 Å². The molecule has 0 radical (unpaired) electrons. The Morgan fingerprint density at radius 3 is 2.75 bits per heavy atom. The number of aliphatic hydroxyl groups excluding tert-OH is 1. The number of nitrogens with one attached hydrogen (secondary N) is 2. The first-order valence-electron chi connectivity index (χ1n) is 4.01. The van der Waals surface area contributed by atoms with Crippen molar-refractivity contribution in [2.24, 2.45) is 0 Å². The zero-order valence-electron chi connectivity index (χ0n) is 7.55. The molecule has 0 aliphatic rings. The highest BCUT2D eigenvalue weighted by Crippen LogP contribution is 1.93. The maximum Gasteiger partial charge on any atom is 0.318 e. The van der Waals surface area contributed by atoms with E-state index in [4.69, 9.17) is 5.11 Å². The first-order chi connectivity index (χ1) is 5.70. The second-order valence-electron chi connectivity index (χ2n) is 2.47. The molecule has 0 saturated heterocycles. The number of carbonyl (C=O) groups is 1. The molecule has 0 heterocycles. The summed E-state index contributed by atoms with van der Waals surface area (Å²) in [5.41, 5.74) is 1.11. The maximum absolute atomic E-state index is 10.8. The van der Waals surface area contributed by atoms with Gasteiger partial charge in [-0.3, -0.25) is 0 Å². The van der Waals surface area contributed by atoms with Crippen LogP contribution in [-0.2, 0) is 0 Å². The predicted octanol–water partition coefficient (Wildman–Crippen LogP) is 0.592. The van der Waals surface area contributed by atoms with Gasteiger partial charge in [-0.15, -0.1) is 0 Å². The van der Waals surface area contributed by atoms with Crippen LogP contribution in [-0.4, -0.2) is 24.3 Å². The lowest BCUT2D eigenvalue weighted by Gasteiger charge is -2.02. The van der Waals surface area contributed by atoms with Gasteiger partial charge >= 0.3 is 6.03 Å². The van der Waals surface area contributed by atoms with Gasteiger partial charge in [-0.2, -0.15) is 0 Å². The van der Waals surface area contributed by atoms with E-state index in [1.54, 1.807) is 6.20 Å². The van der Waals surface area contributed by atoms with Gasteiger partial charge in [-0.25, -0.2) is 4.79 Å². The first kappa shape index (κ1) is 11.0. The molecular formula is C8H16N2O2. The SMILES string of the molecule is CC/C(C)=C/NC(=O)NCCO. The van der Waals surface area contributed by atoms with Crippen LogP contribution >= 0.6 is 0 Å². The number of hydrogen-bond donors (Lipinski definition) is 3. The number of amides is 2. The molecular weight excluding hydrogens is 156 g/mol. The molecule has 0 bridgehead atoms. The van der Waals surface area contributed by atoms with Gasteiger partial charge in [0.05, 0.1) is 6.61 Å². The summed E-state index contributed by atoms with van der Waals surface area (Å²) in [5.74, 6) is 0.